The highest BCUT2D eigenvalue weighted by Gasteiger charge is 2.36. The van der Waals surface area contributed by atoms with Gasteiger partial charge < -0.3 is 33.2 Å². The SMILES string of the molecule is CC(C)(C)OC(=O)N=C(N(CCCCCCCCN=C(NC(=O)OC(C)(C)C)NC(=O)OC(C)(C)C)C(=O)OC(C)(C)C)N(CCOc1ccc(C2=NCCCN2C(=O)OC(C)(C)C)cc1)C(=O)OC(C)(C)C. The molecule has 0 unspecified atom stereocenters. The summed E-state index contributed by atoms with van der Waals surface area (Å²) in [6.45, 7) is 31.7. The molecule has 0 aromatic heterocycles. The molecule has 1 aliphatic heterocycles. The summed E-state index contributed by atoms with van der Waals surface area (Å²) in [6.07, 6.45) is -0.287. The second kappa shape index (κ2) is 27.2. The number of guanidine groups is 2. The maximum Gasteiger partial charge on any atom is 0.437 e. The van der Waals surface area contributed by atoms with Gasteiger partial charge in [0.25, 0.3) is 0 Å². The quantitative estimate of drug-likeness (QED) is 0.0764. The molecule has 6 amide bonds. The molecule has 0 spiro atoms. The second-order valence-corrected chi connectivity index (χ2v) is 23.3. The van der Waals surface area contributed by atoms with Crippen LogP contribution in [0.5, 0.6) is 5.75 Å². The van der Waals surface area contributed by atoms with Crippen LogP contribution in [-0.4, -0.2) is 142 Å². The van der Waals surface area contributed by atoms with Gasteiger partial charge >= 0.3 is 36.6 Å². The zero-order valence-electron chi connectivity index (χ0n) is 47.0. The van der Waals surface area contributed by atoms with Crippen LogP contribution in [0, 0.1) is 0 Å². The first-order valence-corrected chi connectivity index (χ1v) is 25.1. The van der Waals surface area contributed by atoms with Crippen LogP contribution >= 0.6 is 0 Å². The Morgan fingerprint density at radius 1 is 0.575 bits per heavy atom. The molecular weight excluding hydrogens is 945 g/mol. The van der Waals surface area contributed by atoms with E-state index in [1.807, 2.05) is 0 Å². The smallest absolute Gasteiger partial charge is 0.437 e. The number of nitrogens with zero attached hydrogens (tertiary/aromatic N) is 6. The minimum atomic E-state index is -1.06. The number of carbonyl (C=O) groups is 6. The average molecular weight is 1030 g/mol. The van der Waals surface area contributed by atoms with Crippen LogP contribution in [0.1, 0.15) is 175 Å². The molecule has 1 heterocycles. The van der Waals surface area contributed by atoms with Crippen LogP contribution in [-0.2, 0) is 28.4 Å². The van der Waals surface area contributed by atoms with E-state index < -0.39 is 70.2 Å². The Morgan fingerprint density at radius 2 is 1.03 bits per heavy atom. The van der Waals surface area contributed by atoms with Gasteiger partial charge in [-0.1, -0.05) is 25.7 Å². The number of hydrogen-bond acceptors (Lipinski definition) is 15. The second-order valence-electron chi connectivity index (χ2n) is 23.3. The van der Waals surface area contributed by atoms with E-state index in [0.717, 1.165) is 29.1 Å². The maximum absolute atomic E-state index is 14.2. The molecule has 73 heavy (non-hydrogen) atoms. The van der Waals surface area contributed by atoms with E-state index >= 15 is 0 Å². The number of ether oxygens (including phenoxy) is 7. The average Bonchev–Trinajstić information content (AvgIpc) is 3.18. The Balaban J connectivity index is 2.36. The lowest BCUT2D eigenvalue weighted by molar-refractivity contribution is 0.0257. The molecule has 21 heteroatoms. The van der Waals surface area contributed by atoms with Gasteiger partial charge in [0.2, 0.25) is 11.9 Å². The molecule has 1 aliphatic rings. The van der Waals surface area contributed by atoms with Crippen molar-refractivity contribution in [3.05, 3.63) is 29.8 Å². The van der Waals surface area contributed by atoms with E-state index in [-0.39, 0.29) is 38.2 Å². The highest BCUT2D eigenvalue weighted by Crippen LogP contribution is 2.22. The molecule has 412 valence electrons. The highest BCUT2D eigenvalue weighted by atomic mass is 16.6. The Kier molecular flexibility index (Phi) is 23.5. The molecule has 2 N–H and O–H groups in total. The van der Waals surface area contributed by atoms with E-state index in [4.69, 9.17) is 33.2 Å². The van der Waals surface area contributed by atoms with E-state index in [0.29, 0.717) is 55.9 Å². The Hall–Kier alpha value is -6.15. The lowest BCUT2D eigenvalue weighted by atomic mass is 10.1. The number of alkyl carbamates (subject to hydrolysis) is 2. The molecule has 0 aliphatic carbocycles. The molecule has 1 aromatic carbocycles. The zero-order valence-corrected chi connectivity index (χ0v) is 47.0. The molecule has 0 radical (unpaired) electrons. The number of aliphatic imine (C=N–C) groups is 3. The van der Waals surface area contributed by atoms with Gasteiger partial charge in [0.05, 0.1) is 6.54 Å². The first kappa shape index (κ1) is 63.0. The number of benzene rings is 1. The van der Waals surface area contributed by atoms with Crippen LogP contribution < -0.4 is 15.4 Å². The molecule has 0 bridgehead atoms. The van der Waals surface area contributed by atoms with Crippen LogP contribution in [0.25, 0.3) is 0 Å². The molecule has 0 saturated carbocycles. The van der Waals surface area contributed by atoms with Gasteiger partial charge in [0.15, 0.2) is 0 Å². The number of amides is 6. The fraction of sp³-hybridized carbons (Fsp3) is 0.712. The molecule has 0 fully saturated rings. The van der Waals surface area contributed by atoms with Gasteiger partial charge in [-0.15, -0.1) is 4.99 Å². The van der Waals surface area contributed by atoms with E-state index in [2.05, 4.69) is 25.6 Å². The van der Waals surface area contributed by atoms with Gasteiger partial charge in [-0.05, 0) is 168 Å². The van der Waals surface area contributed by atoms with Crippen LogP contribution in [0.3, 0.4) is 0 Å². The minimum absolute atomic E-state index is 0.0112. The lowest BCUT2D eigenvalue weighted by Crippen LogP contribution is -2.53. The number of unbranched alkanes of at least 4 members (excludes halogenated alkanes) is 5. The van der Waals surface area contributed by atoms with Crippen molar-refractivity contribution in [1.82, 2.24) is 25.3 Å². The van der Waals surface area contributed by atoms with Gasteiger partial charge in [0, 0.05) is 31.7 Å². The normalized spacial score (nSPS) is 13.6. The van der Waals surface area contributed by atoms with Crippen molar-refractivity contribution in [2.45, 2.75) is 203 Å². The van der Waals surface area contributed by atoms with Crippen LogP contribution in [0.2, 0.25) is 0 Å². The van der Waals surface area contributed by atoms with Crippen molar-refractivity contribution in [3.63, 3.8) is 0 Å². The van der Waals surface area contributed by atoms with Crippen molar-refractivity contribution in [2.24, 2.45) is 15.0 Å². The minimum Gasteiger partial charge on any atom is -0.492 e. The van der Waals surface area contributed by atoms with Gasteiger partial charge in [-0.25, -0.2) is 38.6 Å². The summed E-state index contributed by atoms with van der Waals surface area (Å²) in [5.41, 5.74) is -4.50. The van der Waals surface area contributed by atoms with E-state index in [1.54, 1.807) is 149 Å². The van der Waals surface area contributed by atoms with Crippen molar-refractivity contribution < 1.29 is 61.9 Å². The molecule has 0 saturated heterocycles. The predicted octanol–water partition coefficient (Wildman–Crippen LogP) is 11.0. The van der Waals surface area contributed by atoms with Gasteiger partial charge in [-0.2, -0.15) is 0 Å². The van der Waals surface area contributed by atoms with Crippen LogP contribution in [0.4, 0.5) is 28.8 Å². The van der Waals surface area contributed by atoms with Gasteiger partial charge in [-0.3, -0.25) is 25.5 Å². The van der Waals surface area contributed by atoms with Crippen molar-refractivity contribution >= 4 is 54.3 Å². The standard InChI is InChI=1S/C52H86N8O13/c1-47(2,3)68-41(61)55-39(56-42(62)69-48(4,5)6)54-30-23-21-19-20-22-24-32-59(45(65)72-51(13,14)15)40(57-43(63)70-49(7,8)9)60(46(66)73-52(16,17)18)34-35-67-37-28-26-36(27-29-37)38-53-31-25-33-58(38)44(64)71-50(10,11)12/h26-29H,19-25,30-35H2,1-18H3,(H2,54,55,56,61,62). The number of amidine groups is 1. The summed E-state index contributed by atoms with van der Waals surface area (Å²) in [6, 6.07) is 6.95. The molecule has 0 atom stereocenters. The summed E-state index contributed by atoms with van der Waals surface area (Å²) < 4.78 is 39.6. The summed E-state index contributed by atoms with van der Waals surface area (Å²) in [4.78, 5) is 96.9. The fourth-order valence-electron chi connectivity index (χ4n) is 6.31. The van der Waals surface area contributed by atoms with Crippen molar-refractivity contribution in [2.75, 3.05) is 39.3 Å². The Bertz CT molecular complexity index is 2070. The summed E-state index contributed by atoms with van der Waals surface area (Å²) in [5.74, 6) is 0.428. The first-order chi connectivity index (χ1) is 33.4. The lowest BCUT2D eigenvalue weighted by Gasteiger charge is -2.34. The topological polar surface area (TPSA) is 238 Å². The van der Waals surface area contributed by atoms with Crippen LogP contribution in [0.15, 0.2) is 39.2 Å². The third-order valence-corrected chi connectivity index (χ3v) is 8.96. The highest BCUT2D eigenvalue weighted by molar-refractivity contribution is 6.07. The third kappa shape index (κ3) is 27.5. The fourth-order valence-corrected chi connectivity index (χ4v) is 6.31. The number of carbonyl (C=O) groups excluding carboxylic acids is 6. The number of nitrogens with one attached hydrogen (secondary N) is 2. The zero-order chi connectivity index (χ0) is 55.6. The van der Waals surface area contributed by atoms with E-state index in [9.17, 15) is 28.8 Å². The monoisotopic (exact) mass is 1030 g/mol. The largest absolute Gasteiger partial charge is 0.492 e. The summed E-state index contributed by atoms with van der Waals surface area (Å²) in [5, 5.41) is 4.96. The molecule has 1 aromatic rings. The predicted molar refractivity (Wildman–Crippen MR) is 279 cm³/mol. The summed E-state index contributed by atoms with van der Waals surface area (Å²) >= 11 is 0. The maximum atomic E-state index is 14.2. The molecule has 2 rings (SSSR count). The van der Waals surface area contributed by atoms with Crippen molar-refractivity contribution in [1.29, 1.82) is 0 Å². The Labute approximate surface area is 433 Å². The van der Waals surface area contributed by atoms with Gasteiger partial charge in [0.1, 0.15) is 51.8 Å². The number of hydrogen-bond donors (Lipinski definition) is 2. The first-order valence-electron chi connectivity index (χ1n) is 25.1. The van der Waals surface area contributed by atoms with E-state index in [1.165, 1.54) is 4.90 Å². The van der Waals surface area contributed by atoms with Crippen molar-refractivity contribution in [3.8, 4) is 5.75 Å². The summed E-state index contributed by atoms with van der Waals surface area (Å²) in [7, 11) is 0. The molecule has 21 nitrogen and oxygen atoms in total. The third-order valence-electron chi connectivity index (χ3n) is 8.96. The Morgan fingerprint density at radius 3 is 1.51 bits per heavy atom. The molecular formula is C52H86N8O13. The number of rotatable bonds is 14.